The van der Waals surface area contributed by atoms with E-state index in [-0.39, 0.29) is 23.9 Å². The summed E-state index contributed by atoms with van der Waals surface area (Å²) in [6, 6.07) is 0.0430. The normalized spacial score (nSPS) is 30.5. The Hall–Kier alpha value is -1.30. The number of hydrogen-bond acceptors (Lipinski definition) is 4. The van der Waals surface area contributed by atoms with Gasteiger partial charge >= 0.3 is 0 Å². The van der Waals surface area contributed by atoms with E-state index in [0.29, 0.717) is 12.8 Å². The summed E-state index contributed by atoms with van der Waals surface area (Å²) in [6.07, 6.45) is 6.20. The van der Waals surface area contributed by atoms with Crippen LogP contribution >= 0.6 is 0 Å². The highest BCUT2D eigenvalue weighted by molar-refractivity contribution is 6.07. The van der Waals surface area contributed by atoms with Crippen LogP contribution in [-0.4, -0.2) is 36.2 Å². The van der Waals surface area contributed by atoms with Crippen molar-refractivity contribution in [3.05, 3.63) is 0 Å². The van der Waals surface area contributed by atoms with E-state index in [0.717, 1.165) is 32.1 Å². The molecular formula is C13H23N3O3. The fraction of sp³-hybridized carbons (Fsp3) is 0.846. The van der Waals surface area contributed by atoms with E-state index < -0.39 is 5.41 Å². The van der Waals surface area contributed by atoms with Crippen molar-refractivity contribution < 1.29 is 14.7 Å². The van der Waals surface area contributed by atoms with Crippen LogP contribution in [0, 0.1) is 5.41 Å². The predicted molar refractivity (Wildman–Crippen MR) is 70.9 cm³/mol. The summed E-state index contributed by atoms with van der Waals surface area (Å²) in [6.45, 7) is 0. The molecule has 6 heteroatoms. The third-order valence-electron chi connectivity index (χ3n) is 4.56. The van der Waals surface area contributed by atoms with Gasteiger partial charge in [-0.2, -0.15) is 0 Å². The van der Waals surface area contributed by atoms with Crippen LogP contribution in [0.25, 0.3) is 0 Å². The van der Waals surface area contributed by atoms with Crippen molar-refractivity contribution in [2.24, 2.45) is 16.3 Å². The fourth-order valence-electron chi connectivity index (χ4n) is 3.35. The number of methoxy groups -OCH3 is 1. The van der Waals surface area contributed by atoms with Gasteiger partial charge in [0.15, 0.2) is 5.84 Å². The van der Waals surface area contributed by atoms with Crippen molar-refractivity contribution in [2.75, 3.05) is 7.11 Å². The van der Waals surface area contributed by atoms with Crippen LogP contribution in [0.3, 0.4) is 0 Å². The lowest BCUT2D eigenvalue weighted by atomic mass is 9.83. The predicted octanol–water partition coefficient (Wildman–Crippen LogP) is 0.977. The first-order valence-corrected chi connectivity index (χ1v) is 6.96. The first kappa shape index (κ1) is 14.1. The van der Waals surface area contributed by atoms with E-state index in [1.165, 1.54) is 0 Å². The fourth-order valence-corrected chi connectivity index (χ4v) is 3.35. The highest BCUT2D eigenvalue weighted by atomic mass is 16.5. The number of amidine groups is 1. The standard InChI is InChI=1S/C13H23N3O3/c1-19-10-6-4-5-9(10)15-12(17)13(11(14)16-18)7-2-3-8-13/h9-10,18H,2-8H2,1H3,(H2,14,16)(H,15,17). The van der Waals surface area contributed by atoms with Crippen molar-refractivity contribution in [2.45, 2.75) is 57.1 Å². The van der Waals surface area contributed by atoms with Crippen molar-refractivity contribution in [1.29, 1.82) is 0 Å². The smallest absolute Gasteiger partial charge is 0.234 e. The topological polar surface area (TPSA) is 96.9 Å². The number of amides is 1. The molecule has 0 aromatic heterocycles. The van der Waals surface area contributed by atoms with E-state index in [1.807, 2.05) is 0 Å². The summed E-state index contributed by atoms with van der Waals surface area (Å²) in [7, 11) is 1.67. The third-order valence-corrected chi connectivity index (χ3v) is 4.56. The quantitative estimate of drug-likeness (QED) is 0.307. The van der Waals surface area contributed by atoms with Crippen molar-refractivity contribution in [1.82, 2.24) is 5.32 Å². The molecule has 0 aromatic carbocycles. The highest BCUT2D eigenvalue weighted by Gasteiger charge is 2.46. The second-order valence-corrected chi connectivity index (χ2v) is 5.56. The molecule has 2 rings (SSSR count). The van der Waals surface area contributed by atoms with Crippen LogP contribution in [-0.2, 0) is 9.53 Å². The number of nitrogens with two attached hydrogens (primary N) is 1. The molecule has 2 unspecified atom stereocenters. The lowest BCUT2D eigenvalue weighted by Gasteiger charge is -2.29. The van der Waals surface area contributed by atoms with Crippen LogP contribution in [0.15, 0.2) is 5.16 Å². The Kier molecular flexibility index (Phi) is 4.29. The van der Waals surface area contributed by atoms with Gasteiger partial charge in [-0.3, -0.25) is 4.79 Å². The molecule has 19 heavy (non-hydrogen) atoms. The molecule has 0 spiro atoms. The Balaban J connectivity index is 2.08. The van der Waals surface area contributed by atoms with Crippen LogP contribution in [0.4, 0.5) is 0 Å². The molecule has 0 radical (unpaired) electrons. The maximum atomic E-state index is 12.5. The molecule has 4 N–H and O–H groups in total. The maximum Gasteiger partial charge on any atom is 0.234 e. The minimum absolute atomic E-state index is 0.0365. The average molecular weight is 269 g/mol. The summed E-state index contributed by atoms with van der Waals surface area (Å²) >= 11 is 0. The lowest BCUT2D eigenvalue weighted by molar-refractivity contribution is -0.129. The molecule has 0 saturated heterocycles. The largest absolute Gasteiger partial charge is 0.409 e. The average Bonchev–Trinajstić information content (AvgIpc) is 3.06. The Labute approximate surface area is 113 Å². The monoisotopic (exact) mass is 269 g/mol. The Bertz CT molecular complexity index is 364. The second kappa shape index (κ2) is 5.77. The Morgan fingerprint density at radius 1 is 1.37 bits per heavy atom. The second-order valence-electron chi connectivity index (χ2n) is 5.56. The molecule has 2 saturated carbocycles. The molecule has 0 bridgehead atoms. The van der Waals surface area contributed by atoms with E-state index in [4.69, 9.17) is 15.7 Å². The molecule has 108 valence electrons. The van der Waals surface area contributed by atoms with Crippen LogP contribution < -0.4 is 11.1 Å². The number of carbonyl (C=O) groups is 1. The molecule has 2 aliphatic rings. The van der Waals surface area contributed by atoms with Gasteiger partial charge in [-0.25, -0.2) is 0 Å². The molecule has 2 fully saturated rings. The van der Waals surface area contributed by atoms with E-state index in [1.54, 1.807) is 7.11 Å². The van der Waals surface area contributed by atoms with E-state index in [9.17, 15) is 4.79 Å². The lowest BCUT2D eigenvalue weighted by Crippen LogP contribution is -2.52. The van der Waals surface area contributed by atoms with Gasteiger partial charge in [0.1, 0.15) is 5.41 Å². The van der Waals surface area contributed by atoms with Gasteiger partial charge in [0, 0.05) is 7.11 Å². The van der Waals surface area contributed by atoms with Gasteiger partial charge < -0.3 is 21.0 Å². The van der Waals surface area contributed by atoms with E-state index in [2.05, 4.69) is 10.5 Å². The summed E-state index contributed by atoms with van der Waals surface area (Å²) in [5.41, 5.74) is 4.94. The minimum Gasteiger partial charge on any atom is -0.409 e. The van der Waals surface area contributed by atoms with Gasteiger partial charge in [0.25, 0.3) is 0 Å². The van der Waals surface area contributed by atoms with Crippen molar-refractivity contribution in [3.63, 3.8) is 0 Å². The Morgan fingerprint density at radius 2 is 2.05 bits per heavy atom. The van der Waals surface area contributed by atoms with E-state index >= 15 is 0 Å². The zero-order valence-electron chi connectivity index (χ0n) is 11.4. The summed E-state index contributed by atoms with van der Waals surface area (Å²) < 4.78 is 5.38. The molecule has 2 atom stereocenters. The summed E-state index contributed by atoms with van der Waals surface area (Å²) in [4.78, 5) is 12.5. The number of nitrogens with one attached hydrogen (secondary N) is 1. The molecule has 0 aliphatic heterocycles. The van der Waals surface area contributed by atoms with Crippen LogP contribution in [0.2, 0.25) is 0 Å². The Morgan fingerprint density at radius 3 is 2.63 bits per heavy atom. The van der Waals surface area contributed by atoms with Gasteiger partial charge in [-0.15, -0.1) is 0 Å². The molecule has 2 aliphatic carbocycles. The first-order valence-electron chi connectivity index (χ1n) is 6.96. The number of nitrogens with zero attached hydrogens (tertiary/aromatic N) is 1. The zero-order valence-corrected chi connectivity index (χ0v) is 11.4. The zero-order chi connectivity index (χ0) is 13.9. The van der Waals surface area contributed by atoms with Crippen molar-refractivity contribution in [3.8, 4) is 0 Å². The molecule has 1 amide bonds. The van der Waals surface area contributed by atoms with Crippen LogP contribution in [0.1, 0.15) is 44.9 Å². The molecule has 0 heterocycles. The molecule has 6 nitrogen and oxygen atoms in total. The van der Waals surface area contributed by atoms with Gasteiger partial charge in [-0.05, 0) is 32.1 Å². The van der Waals surface area contributed by atoms with Gasteiger partial charge in [-0.1, -0.05) is 18.0 Å². The number of hydrogen-bond donors (Lipinski definition) is 3. The first-order chi connectivity index (χ1) is 9.14. The number of ether oxygens (including phenoxy) is 1. The summed E-state index contributed by atoms with van der Waals surface area (Å²) in [5.74, 6) is -0.0799. The molecule has 0 aromatic rings. The van der Waals surface area contributed by atoms with Crippen LogP contribution in [0.5, 0.6) is 0 Å². The summed E-state index contributed by atoms with van der Waals surface area (Å²) in [5, 5.41) is 15.0. The van der Waals surface area contributed by atoms with Crippen molar-refractivity contribution >= 4 is 11.7 Å². The number of carbonyl (C=O) groups excluding carboxylic acids is 1. The van der Waals surface area contributed by atoms with Gasteiger partial charge in [0.2, 0.25) is 5.91 Å². The SMILES string of the molecule is COC1CCCC1NC(=O)C1(C(N)=NO)CCCC1. The minimum atomic E-state index is -0.824. The maximum absolute atomic E-state index is 12.5. The third kappa shape index (κ3) is 2.54. The number of oxime groups is 1. The highest BCUT2D eigenvalue weighted by Crippen LogP contribution is 2.39. The number of rotatable bonds is 4. The molecular weight excluding hydrogens is 246 g/mol. The van der Waals surface area contributed by atoms with Gasteiger partial charge in [0.05, 0.1) is 12.1 Å².